The molecule has 0 aliphatic rings. The smallest absolute Gasteiger partial charge is 0.166 e. The molecule has 0 bridgehead atoms. The lowest BCUT2D eigenvalue weighted by Gasteiger charge is -2.10. The van der Waals surface area contributed by atoms with Gasteiger partial charge < -0.3 is 15.8 Å². The van der Waals surface area contributed by atoms with Gasteiger partial charge in [-0.15, -0.1) is 0 Å². The molecule has 4 nitrogen and oxygen atoms in total. The average molecular weight is 210 g/mol. The standard InChI is InChI=1S/C6H9Cl2N3O/c1-2(9)3(12)6-10-4(7)5(8)11-6/h2-3,12H,9H2,1H3,(H,10,11)/t2-,3-/m1/s1. The van der Waals surface area contributed by atoms with Gasteiger partial charge in [-0.25, -0.2) is 4.98 Å². The van der Waals surface area contributed by atoms with E-state index in [1.165, 1.54) is 0 Å². The van der Waals surface area contributed by atoms with Crippen molar-refractivity contribution < 1.29 is 5.11 Å². The molecule has 0 radical (unpaired) electrons. The topological polar surface area (TPSA) is 74.9 Å². The zero-order valence-electron chi connectivity index (χ0n) is 6.38. The number of hydrogen-bond donors (Lipinski definition) is 3. The molecule has 1 aromatic rings. The van der Waals surface area contributed by atoms with Crippen LogP contribution in [-0.4, -0.2) is 21.1 Å². The van der Waals surface area contributed by atoms with Crippen LogP contribution >= 0.6 is 23.2 Å². The van der Waals surface area contributed by atoms with E-state index in [9.17, 15) is 5.11 Å². The second-order valence-corrected chi connectivity index (χ2v) is 3.27. The molecule has 12 heavy (non-hydrogen) atoms. The van der Waals surface area contributed by atoms with Crippen LogP contribution in [0.2, 0.25) is 10.3 Å². The number of imidazole rings is 1. The molecular formula is C6H9Cl2N3O. The van der Waals surface area contributed by atoms with Crippen LogP contribution < -0.4 is 5.73 Å². The fourth-order valence-electron chi connectivity index (χ4n) is 0.736. The fraction of sp³-hybridized carbons (Fsp3) is 0.500. The maximum absolute atomic E-state index is 9.40. The van der Waals surface area contributed by atoms with E-state index >= 15 is 0 Å². The lowest BCUT2D eigenvalue weighted by Crippen LogP contribution is -2.25. The number of rotatable bonds is 2. The van der Waals surface area contributed by atoms with Crippen molar-refractivity contribution in [3.63, 3.8) is 0 Å². The molecule has 0 aromatic carbocycles. The summed E-state index contributed by atoms with van der Waals surface area (Å²) in [6.45, 7) is 1.66. The van der Waals surface area contributed by atoms with Crippen LogP contribution in [0.5, 0.6) is 0 Å². The highest BCUT2D eigenvalue weighted by Crippen LogP contribution is 2.22. The van der Waals surface area contributed by atoms with E-state index in [2.05, 4.69) is 9.97 Å². The Morgan fingerprint density at radius 2 is 2.17 bits per heavy atom. The Labute approximate surface area is 79.7 Å². The Morgan fingerprint density at radius 3 is 2.50 bits per heavy atom. The van der Waals surface area contributed by atoms with Crippen LogP contribution in [0.25, 0.3) is 0 Å². The second kappa shape index (κ2) is 3.62. The third-order valence-electron chi connectivity index (χ3n) is 1.42. The first-order valence-corrected chi connectivity index (χ1v) is 4.12. The van der Waals surface area contributed by atoms with Crippen molar-refractivity contribution in [1.29, 1.82) is 0 Å². The monoisotopic (exact) mass is 209 g/mol. The lowest BCUT2D eigenvalue weighted by molar-refractivity contribution is 0.145. The first-order valence-electron chi connectivity index (χ1n) is 3.37. The summed E-state index contributed by atoms with van der Waals surface area (Å²) >= 11 is 11.1. The third kappa shape index (κ3) is 1.90. The summed E-state index contributed by atoms with van der Waals surface area (Å²) in [5.74, 6) is 0.292. The number of nitrogens with two attached hydrogens (primary N) is 1. The van der Waals surface area contributed by atoms with Gasteiger partial charge in [0.15, 0.2) is 5.15 Å². The number of H-pyrrole nitrogens is 1. The van der Waals surface area contributed by atoms with Gasteiger partial charge in [-0.2, -0.15) is 0 Å². The minimum absolute atomic E-state index is 0.145. The zero-order valence-corrected chi connectivity index (χ0v) is 7.89. The molecule has 0 saturated carbocycles. The van der Waals surface area contributed by atoms with Crippen molar-refractivity contribution in [1.82, 2.24) is 9.97 Å². The van der Waals surface area contributed by atoms with Crippen LogP contribution in [0.15, 0.2) is 0 Å². The van der Waals surface area contributed by atoms with Gasteiger partial charge in [0.05, 0.1) is 0 Å². The highest BCUT2D eigenvalue weighted by atomic mass is 35.5. The molecule has 2 atom stereocenters. The van der Waals surface area contributed by atoms with E-state index in [1.807, 2.05) is 0 Å². The number of aliphatic hydroxyl groups excluding tert-OH is 1. The van der Waals surface area contributed by atoms with Gasteiger partial charge in [0.25, 0.3) is 0 Å². The Bertz CT molecular complexity index is 254. The first kappa shape index (κ1) is 9.80. The Hall–Kier alpha value is -0.290. The summed E-state index contributed by atoms with van der Waals surface area (Å²) in [7, 11) is 0. The van der Waals surface area contributed by atoms with Crippen molar-refractivity contribution >= 4 is 23.2 Å². The molecule has 1 heterocycles. The summed E-state index contributed by atoms with van der Waals surface area (Å²) in [5.41, 5.74) is 5.43. The molecule has 0 spiro atoms. The van der Waals surface area contributed by atoms with Crippen molar-refractivity contribution in [2.24, 2.45) is 5.73 Å². The zero-order chi connectivity index (χ0) is 9.30. The third-order valence-corrected chi connectivity index (χ3v) is 2.06. The highest BCUT2D eigenvalue weighted by molar-refractivity contribution is 6.40. The summed E-state index contributed by atoms with van der Waals surface area (Å²) < 4.78 is 0. The minimum atomic E-state index is -0.866. The molecule has 0 amide bonds. The SMILES string of the molecule is C[C@@H](N)[C@@H](O)c1nc(Cl)c(Cl)[nH]1. The molecule has 0 unspecified atom stereocenters. The van der Waals surface area contributed by atoms with Crippen LogP contribution in [0, 0.1) is 0 Å². The molecular weight excluding hydrogens is 201 g/mol. The van der Waals surface area contributed by atoms with E-state index in [4.69, 9.17) is 28.9 Å². The van der Waals surface area contributed by atoms with Gasteiger partial charge in [0.1, 0.15) is 17.1 Å². The molecule has 68 valence electrons. The van der Waals surface area contributed by atoms with Gasteiger partial charge in [-0.1, -0.05) is 23.2 Å². The molecule has 1 aromatic heterocycles. The molecule has 4 N–H and O–H groups in total. The van der Waals surface area contributed by atoms with Gasteiger partial charge >= 0.3 is 0 Å². The van der Waals surface area contributed by atoms with E-state index in [-0.39, 0.29) is 10.3 Å². The molecule has 1 rings (SSSR count). The Kier molecular flexibility index (Phi) is 2.95. The average Bonchev–Trinajstić information content (AvgIpc) is 2.30. The van der Waals surface area contributed by atoms with Gasteiger partial charge in [0.2, 0.25) is 0 Å². The Balaban J connectivity index is 2.89. The van der Waals surface area contributed by atoms with E-state index in [0.717, 1.165) is 0 Å². The fourth-order valence-corrected chi connectivity index (χ4v) is 1.01. The number of halogens is 2. The number of hydrogen-bond acceptors (Lipinski definition) is 3. The second-order valence-electron chi connectivity index (χ2n) is 2.53. The van der Waals surface area contributed by atoms with Gasteiger partial charge in [0, 0.05) is 6.04 Å². The number of nitrogens with one attached hydrogen (secondary N) is 1. The van der Waals surface area contributed by atoms with Crippen molar-refractivity contribution in [3.05, 3.63) is 16.1 Å². The van der Waals surface area contributed by atoms with Crippen LogP contribution in [-0.2, 0) is 0 Å². The van der Waals surface area contributed by atoms with E-state index in [1.54, 1.807) is 6.92 Å². The Morgan fingerprint density at radius 1 is 1.58 bits per heavy atom. The van der Waals surface area contributed by atoms with E-state index < -0.39 is 12.1 Å². The van der Waals surface area contributed by atoms with Gasteiger partial charge in [-0.3, -0.25) is 0 Å². The number of nitrogens with zero attached hydrogens (tertiary/aromatic N) is 1. The normalized spacial score (nSPS) is 16.1. The molecule has 0 aliphatic carbocycles. The van der Waals surface area contributed by atoms with Crippen LogP contribution in [0.3, 0.4) is 0 Å². The maximum Gasteiger partial charge on any atom is 0.166 e. The number of aliphatic hydroxyl groups is 1. The summed E-state index contributed by atoms with van der Waals surface area (Å²) in [6.07, 6.45) is -0.866. The number of aromatic nitrogens is 2. The minimum Gasteiger partial charge on any atom is -0.384 e. The largest absolute Gasteiger partial charge is 0.384 e. The molecule has 0 fully saturated rings. The van der Waals surface area contributed by atoms with Crippen molar-refractivity contribution in [2.45, 2.75) is 19.1 Å². The van der Waals surface area contributed by atoms with Gasteiger partial charge in [-0.05, 0) is 6.92 Å². The van der Waals surface area contributed by atoms with Crippen molar-refractivity contribution in [3.8, 4) is 0 Å². The lowest BCUT2D eigenvalue weighted by atomic mass is 10.2. The summed E-state index contributed by atoms with van der Waals surface area (Å²) in [6, 6.07) is -0.414. The van der Waals surface area contributed by atoms with Crippen LogP contribution in [0.1, 0.15) is 18.9 Å². The number of aromatic amines is 1. The quantitative estimate of drug-likeness (QED) is 0.684. The maximum atomic E-state index is 9.40. The van der Waals surface area contributed by atoms with Crippen LogP contribution in [0.4, 0.5) is 0 Å². The predicted molar refractivity (Wildman–Crippen MR) is 47.2 cm³/mol. The molecule has 0 saturated heterocycles. The summed E-state index contributed by atoms with van der Waals surface area (Å²) in [5, 5.41) is 9.76. The van der Waals surface area contributed by atoms with E-state index in [0.29, 0.717) is 5.82 Å². The molecule has 0 aliphatic heterocycles. The van der Waals surface area contributed by atoms with Crippen molar-refractivity contribution in [2.75, 3.05) is 0 Å². The highest BCUT2D eigenvalue weighted by Gasteiger charge is 2.17. The predicted octanol–water partition coefficient (Wildman–Crippen LogP) is 1.10. The molecule has 6 heteroatoms. The summed E-state index contributed by atoms with van der Waals surface area (Å²) in [4.78, 5) is 6.40. The first-order chi connectivity index (χ1) is 5.52.